The maximum Gasteiger partial charge on any atom is 0.438 e. The summed E-state index contributed by atoms with van der Waals surface area (Å²) >= 11 is 0. The zero-order chi connectivity index (χ0) is 22.2. The molecule has 1 aromatic carbocycles. The van der Waals surface area contributed by atoms with Gasteiger partial charge in [0.15, 0.2) is 0 Å². The average molecular weight is 432 g/mol. The highest BCUT2D eigenvalue weighted by Crippen LogP contribution is 2.26. The Morgan fingerprint density at radius 1 is 1.13 bits per heavy atom. The molecule has 0 unspecified atom stereocenters. The summed E-state index contributed by atoms with van der Waals surface area (Å²) in [4.78, 5) is 37.0. The molecule has 11 heteroatoms. The first-order chi connectivity index (χ1) is 14.7. The van der Waals surface area contributed by atoms with E-state index in [2.05, 4.69) is 24.8 Å². The number of carbonyl (C=O) groups excluding carboxylic acids is 1. The minimum absolute atomic E-state index is 0.0902. The summed E-state index contributed by atoms with van der Waals surface area (Å²) in [5, 5.41) is 0. The smallest absolute Gasteiger partial charge is 0.368 e. The number of primary amides is 1. The molecule has 1 aliphatic rings. The second kappa shape index (κ2) is 7.99. The highest BCUT2D eigenvalue weighted by Gasteiger charge is 2.36. The Balaban J connectivity index is 1.42. The number of halogens is 3. The quantitative estimate of drug-likeness (QED) is 0.651. The lowest BCUT2D eigenvalue weighted by Crippen LogP contribution is -2.46. The molecule has 0 aliphatic carbocycles. The number of nitrogens with two attached hydrogens (primary N) is 1. The van der Waals surface area contributed by atoms with Gasteiger partial charge in [0.2, 0.25) is 5.69 Å². The van der Waals surface area contributed by atoms with Crippen molar-refractivity contribution < 1.29 is 18.0 Å². The number of nitrogens with one attached hydrogen (secondary N) is 1. The molecule has 1 saturated heterocycles. The van der Waals surface area contributed by atoms with Crippen LogP contribution < -0.4 is 16.2 Å². The van der Waals surface area contributed by atoms with Gasteiger partial charge in [0.1, 0.15) is 5.69 Å². The first-order valence-corrected chi connectivity index (χ1v) is 9.54. The van der Waals surface area contributed by atoms with E-state index in [0.717, 1.165) is 37.4 Å². The van der Waals surface area contributed by atoms with E-state index in [9.17, 15) is 22.8 Å². The molecule has 0 spiro atoms. The molecule has 31 heavy (non-hydrogen) atoms. The van der Waals surface area contributed by atoms with E-state index in [1.807, 2.05) is 6.07 Å². The number of fused-ring (bicyclic) bond motifs is 1. The van der Waals surface area contributed by atoms with Gasteiger partial charge in [-0.3, -0.25) is 14.5 Å². The molecule has 3 N–H and O–H groups in total. The van der Waals surface area contributed by atoms with Crippen molar-refractivity contribution in [2.45, 2.75) is 12.7 Å². The fraction of sp³-hybridized carbons (Fsp3) is 0.300. The van der Waals surface area contributed by atoms with Crippen molar-refractivity contribution in [2.24, 2.45) is 5.73 Å². The third-order valence-corrected chi connectivity index (χ3v) is 5.17. The van der Waals surface area contributed by atoms with Gasteiger partial charge in [0.05, 0.1) is 22.9 Å². The Hall–Kier alpha value is -3.47. The van der Waals surface area contributed by atoms with Gasteiger partial charge in [-0.25, -0.2) is 9.97 Å². The summed E-state index contributed by atoms with van der Waals surface area (Å²) in [5.41, 5.74) is 4.87. The summed E-state index contributed by atoms with van der Waals surface area (Å²) < 4.78 is 38.6. The molecule has 0 atom stereocenters. The van der Waals surface area contributed by atoms with Crippen LogP contribution in [0.2, 0.25) is 0 Å². The predicted octanol–water partition coefficient (Wildman–Crippen LogP) is 1.76. The zero-order valence-electron chi connectivity index (χ0n) is 16.3. The van der Waals surface area contributed by atoms with Gasteiger partial charge in [-0.15, -0.1) is 0 Å². The minimum atomic E-state index is -4.80. The van der Waals surface area contributed by atoms with E-state index in [-0.39, 0.29) is 16.7 Å². The SMILES string of the molecule is NC(=O)c1ccc(N2CCN(Cc3ccc4nc(C(F)(F)F)c(=O)[nH]c4c3)CC2)cn1. The lowest BCUT2D eigenvalue weighted by atomic mass is 10.1. The van der Waals surface area contributed by atoms with E-state index in [1.165, 1.54) is 6.07 Å². The largest absolute Gasteiger partial charge is 0.438 e. The summed E-state index contributed by atoms with van der Waals surface area (Å²) in [6, 6.07) is 8.26. The predicted molar refractivity (Wildman–Crippen MR) is 108 cm³/mol. The second-order valence-electron chi connectivity index (χ2n) is 7.29. The molecule has 0 bridgehead atoms. The van der Waals surface area contributed by atoms with Crippen LogP contribution >= 0.6 is 0 Å². The molecule has 4 rings (SSSR count). The third-order valence-electron chi connectivity index (χ3n) is 5.17. The maximum absolute atomic E-state index is 12.9. The molecule has 2 aromatic heterocycles. The lowest BCUT2D eigenvalue weighted by Gasteiger charge is -2.36. The Labute approximate surface area is 174 Å². The third kappa shape index (κ3) is 4.50. The number of hydrogen-bond donors (Lipinski definition) is 2. The van der Waals surface area contributed by atoms with Crippen molar-refractivity contribution in [3.05, 3.63) is 63.8 Å². The Kier molecular flexibility index (Phi) is 5.36. The number of pyridine rings is 1. The molecule has 162 valence electrons. The van der Waals surface area contributed by atoms with Gasteiger partial charge < -0.3 is 15.6 Å². The van der Waals surface area contributed by atoms with Crippen molar-refractivity contribution in [3.63, 3.8) is 0 Å². The van der Waals surface area contributed by atoms with Gasteiger partial charge >= 0.3 is 6.18 Å². The van der Waals surface area contributed by atoms with Crippen LogP contribution in [0.4, 0.5) is 18.9 Å². The number of H-pyrrole nitrogens is 1. The summed E-state index contributed by atoms with van der Waals surface area (Å²) in [6.07, 6.45) is -3.17. The van der Waals surface area contributed by atoms with Crippen LogP contribution in [0.1, 0.15) is 21.7 Å². The van der Waals surface area contributed by atoms with Crippen molar-refractivity contribution >= 4 is 22.6 Å². The number of aromatic nitrogens is 3. The number of piperazine rings is 1. The second-order valence-corrected chi connectivity index (χ2v) is 7.29. The maximum atomic E-state index is 12.9. The number of benzene rings is 1. The number of nitrogens with zero attached hydrogens (tertiary/aromatic N) is 4. The summed E-state index contributed by atoms with van der Waals surface area (Å²) in [7, 11) is 0. The van der Waals surface area contributed by atoms with Crippen LogP contribution in [0.15, 0.2) is 41.3 Å². The fourth-order valence-electron chi connectivity index (χ4n) is 3.57. The van der Waals surface area contributed by atoms with Gasteiger partial charge in [-0.2, -0.15) is 13.2 Å². The Bertz CT molecular complexity index is 1170. The number of rotatable bonds is 4. The van der Waals surface area contributed by atoms with Crippen LogP contribution in [-0.2, 0) is 12.7 Å². The molecule has 0 saturated carbocycles. The zero-order valence-corrected chi connectivity index (χ0v) is 16.3. The van der Waals surface area contributed by atoms with Gasteiger partial charge in [-0.1, -0.05) is 6.07 Å². The molecular weight excluding hydrogens is 413 g/mol. The number of carbonyl (C=O) groups is 1. The van der Waals surface area contributed by atoms with Crippen LogP contribution in [0, 0.1) is 0 Å². The number of alkyl halides is 3. The van der Waals surface area contributed by atoms with Crippen LogP contribution in [0.5, 0.6) is 0 Å². The van der Waals surface area contributed by atoms with E-state index >= 15 is 0 Å². The normalized spacial score (nSPS) is 15.4. The first-order valence-electron chi connectivity index (χ1n) is 9.54. The van der Waals surface area contributed by atoms with Gasteiger partial charge in [-0.05, 0) is 29.8 Å². The molecule has 1 aliphatic heterocycles. The number of amides is 1. The van der Waals surface area contributed by atoms with Crippen LogP contribution in [0.25, 0.3) is 11.0 Å². The minimum Gasteiger partial charge on any atom is -0.368 e. The topological polar surface area (TPSA) is 108 Å². The van der Waals surface area contributed by atoms with Crippen molar-refractivity contribution in [1.29, 1.82) is 0 Å². The first kappa shape index (κ1) is 20.8. The highest BCUT2D eigenvalue weighted by molar-refractivity contribution is 5.90. The van der Waals surface area contributed by atoms with Crippen molar-refractivity contribution in [1.82, 2.24) is 19.9 Å². The fourth-order valence-corrected chi connectivity index (χ4v) is 3.57. The lowest BCUT2D eigenvalue weighted by molar-refractivity contribution is -0.142. The van der Waals surface area contributed by atoms with Crippen LogP contribution in [-0.4, -0.2) is 51.9 Å². The van der Waals surface area contributed by atoms with Crippen LogP contribution in [0.3, 0.4) is 0 Å². The van der Waals surface area contributed by atoms with Gasteiger partial charge in [0.25, 0.3) is 11.5 Å². The average Bonchev–Trinajstić information content (AvgIpc) is 2.73. The highest BCUT2D eigenvalue weighted by atomic mass is 19.4. The van der Waals surface area contributed by atoms with Gasteiger partial charge in [0, 0.05) is 32.7 Å². The van der Waals surface area contributed by atoms with E-state index in [1.54, 1.807) is 24.4 Å². The van der Waals surface area contributed by atoms with Crippen molar-refractivity contribution in [2.75, 3.05) is 31.1 Å². The summed E-state index contributed by atoms with van der Waals surface area (Å²) in [5.74, 6) is -0.571. The molecular formula is C20H19F3N6O2. The molecule has 3 heterocycles. The van der Waals surface area contributed by atoms with E-state index in [0.29, 0.717) is 6.54 Å². The number of anilines is 1. The van der Waals surface area contributed by atoms with E-state index in [4.69, 9.17) is 5.73 Å². The Morgan fingerprint density at radius 3 is 2.48 bits per heavy atom. The number of hydrogen-bond acceptors (Lipinski definition) is 6. The monoisotopic (exact) mass is 432 g/mol. The Morgan fingerprint density at radius 2 is 1.87 bits per heavy atom. The molecule has 0 radical (unpaired) electrons. The molecule has 1 amide bonds. The number of aromatic amines is 1. The molecule has 3 aromatic rings. The molecule has 1 fully saturated rings. The van der Waals surface area contributed by atoms with E-state index < -0.39 is 23.3 Å². The van der Waals surface area contributed by atoms with Crippen molar-refractivity contribution in [3.8, 4) is 0 Å². The molecule has 8 nitrogen and oxygen atoms in total. The standard InChI is InChI=1S/C20H19F3N6O2/c21-20(22,23)17-19(31)27-16-9-12(1-3-14(16)26-17)11-28-5-7-29(8-6-28)13-2-4-15(18(24)30)25-10-13/h1-4,9-10H,5-8,11H2,(H2,24,30)(H,27,31). The summed E-state index contributed by atoms with van der Waals surface area (Å²) in [6.45, 7) is 3.61.